The first kappa shape index (κ1) is 18.3. The fraction of sp³-hybridized carbons (Fsp3) is 0. The van der Waals surface area contributed by atoms with E-state index >= 15 is 0 Å². The topological polar surface area (TPSA) is 111 Å². The maximum Gasteiger partial charge on any atom is 0.261 e. The van der Waals surface area contributed by atoms with Crippen molar-refractivity contribution in [3.63, 3.8) is 0 Å². The molecule has 0 radical (unpaired) electrons. The summed E-state index contributed by atoms with van der Waals surface area (Å²) in [6.45, 7) is 0. The predicted octanol–water partition coefficient (Wildman–Crippen LogP) is 3.34. The van der Waals surface area contributed by atoms with Crippen LogP contribution in [0, 0.1) is 0 Å². The normalized spacial score (nSPS) is 11.4. The Bertz CT molecular complexity index is 1050. The monoisotopic (exact) mass is 383 g/mol. The molecule has 0 unspecified atom stereocenters. The van der Waals surface area contributed by atoms with Crippen LogP contribution < -0.4 is 10.1 Å². The van der Waals surface area contributed by atoms with E-state index in [1.165, 1.54) is 36.5 Å². The SMILES string of the molecule is O=S(=O)(Nc1ccc(N/N=C/c2ccc(O)cc2O)cc1)c1ccccc1. The second-order valence-corrected chi connectivity index (χ2v) is 7.29. The Labute approximate surface area is 156 Å². The quantitative estimate of drug-likeness (QED) is 0.385. The van der Waals surface area contributed by atoms with E-state index in [2.05, 4.69) is 15.2 Å². The van der Waals surface area contributed by atoms with Crippen molar-refractivity contribution in [2.75, 3.05) is 10.1 Å². The molecule has 0 atom stereocenters. The molecule has 0 fully saturated rings. The molecule has 0 saturated carbocycles. The van der Waals surface area contributed by atoms with Crippen molar-refractivity contribution in [3.05, 3.63) is 78.4 Å². The van der Waals surface area contributed by atoms with Crippen molar-refractivity contribution in [2.45, 2.75) is 4.90 Å². The minimum atomic E-state index is -3.64. The summed E-state index contributed by atoms with van der Waals surface area (Å²) in [5.74, 6) is -0.127. The highest BCUT2D eigenvalue weighted by Crippen LogP contribution is 2.21. The van der Waals surface area contributed by atoms with E-state index in [4.69, 9.17) is 0 Å². The number of anilines is 2. The summed E-state index contributed by atoms with van der Waals surface area (Å²) in [7, 11) is -3.64. The lowest BCUT2D eigenvalue weighted by molar-refractivity contribution is 0.450. The van der Waals surface area contributed by atoms with Gasteiger partial charge in [0.05, 0.1) is 16.8 Å². The number of hydrogen-bond acceptors (Lipinski definition) is 6. The average molecular weight is 383 g/mol. The summed E-state index contributed by atoms with van der Waals surface area (Å²) in [5.41, 5.74) is 4.27. The molecule has 0 aliphatic heterocycles. The summed E-state index contributed by atoms with van der Waals surface area (Å²) in [6.07, 6.45) is 1.40. The van der Waals surface area contributed by atoms with Gasteiger partial charge in [-0.25, -0.2) is 8.42 Å². The second kappa shape index (κ2) is 7.79. The number of sulfonamides is 1. The molecule has 8 heteroatoms. The van der Waals surface area contributed by atoms with Gasteiger partial charge in [-0.05, 0) is 48.5 Å². The van der Waals surface area contributed by atoms with Gasteiger partial charge in [0.15, 0.2) is 0 Å². The third-order valence-corrected chi connectivity index (χ3v) is 5.00. The lowest BCUT2D eigenvalue weighted by Gasteiger charge is -2.08. The van der Waals surface area contributed by atoms with Gasteiger partial charge in [-0.1, -0.05) is 18.2 Å². The molecule has 3 rings (SSSR count). The van der Waals surface area contributed by atoms with Crippen LogP contribution in [-0.2, 0) is 10.0 Å². The zero-order chi connectivity index (χ0) is 19.3. The Balaban J connectivity index is 1.64. The van der Waals surface area contributed by atoms with E-state index in [1.807, 2.05) is 0 Å². The van der Waals surface area contributed by atoms with E-state index in [0.717, 1.165) is 0 Å². The van der Waals surface area contributed by atoms with Crippen LogP contribution >= 0.6 is 0 Å². The number of nitrogens with zero attached hydrogens (tertiary/aromatic N) is 1. The minimum Gasteiger partial charge on any atom is -0.508 e. The molecular formula is C19H17N3O4S. The van der Waals surface area contributed by atoms with Gasteiger partial charge in [-0.15, -0.1) is 0 Å². The van der Waals surface area contributed by atoms with Crippen LogP contribution in [-0.4, -0.2) is 24.8 Å². The smallest absolute Gasteiger partial charge is 0.261 e. The molecule has 0 spiro atoms. The van der Waals surface area contributed by atoms with E-state index < -0.39 is 10.0 Å². The second-order valence-electron chi connectivity index (χ2n) is 5.61. The molecule has 0 bridgehead atoms. The Kier molecular flexibility index (Phi) is 5.28. The average Bonchev–Trinajstić information content (AvgIpc) is 2.65. The third-order valence-electron chi connectivity index (χ3n) is 3.60. The number of rotatable bonds is 6. The predicted molar refractivity (Wildman–Crippen MR) is 105 cm³/mol. The molecule has 3 aromatic rings. The standard InChI is InChI=1S/C19H17N3O4S/c23-17-11-6-14(19(24)12-17)13-20-21-15-7-9-16(10-8-15)22-27(25,26)18-4-2-1-3-5-18/h1-13,21-24H/b20-13+. The van der Waals surface area contributed by atoms with Gasteiger partial charge in [0, 0.05) is 17.3 Å². The van der Waals surface area contributed by atoms with Crippen molar-refractivity contribution < 1.29 is 18.6 Å². The number of aromatic hydroxyl groups is 2. The van der Waals surface area contributed by atoms with Gasteiger partial charge in [0.1, 0.15) is 11.5 Å². The largest absolute Gasteiger partial charge is 0.508 e. The molecule has 138 valence electrons. The summed E-state index contributed by atoms with van der Waals surface area (Å²) < 4.78 is 27.1. The first-order valence-corrected chi connectivity index (χ1v) is 9.41. The Hall–Kier alpha value is -3.52. The molecule has 0 amide bonds. The molecular weight excluding hydrogens is 366 g/mol. The van der Waals surface area contributed by atoms with E-state index in [0.29, 0.717) is 16.9 Å². The third kappa shape index (κ3) is 4.77. The van der Waals surface area contributed by atoms with Crippen LogP contribution in [0.1, 0.15) is 5.56 Å². The molecule has 4 N–H and O–H groups in total. The van der Waals surface area contributed by atoms with Crippen LogP contribution in [0.15, 0.2) is 82.8 Å². The van der Waals surface area contributed by atoms with Crippen LogP contribution in [0.4, 0.5) is 11.4 Å². The zero-order valence-corrected chi connectivity index (χ0v) is 14.9. The molecule has 0 aliphatic carbocycles. The highest BCUT2D eigenvalue weighted by atomic mass is 32.2. The van der Waals surface area contributed by atoms with E-state index in [1.54, 1.807) is 42.5 Å². The minimum absolute atomic E-state index is 0.0360. The van der Waals surface area contributed by atoms with Gasteiger partial charge in [0.2, 0.25) is 0 Å². The van der Waals surface area contributed by atoms with E-state index in [-0.39, 0.29) is 16.4 Å². The molecule has 0 heterocycles. The molecule has 0 aromatic heterocycles. The van der Waals surface area contributed by atoms with Gasteiger partial charge in [-0.2, -0.15) is 5.10 Å². The maximum atomic E-state index is 12.3. The summed E-state index contributed by atoms with van der Waals surface area (Å²) in [6, 6.07) is 18.8. The van der Waals surface area contributed by atoms with Crippen molar-refractivity contribution in [1.29, 1.82) is 0 Å². The van der Waals surface area contributed by atoms with Crippen LogP contribution in [0.5, 0.6) is 11.5 Å². The lowest BCUT2D eigenvalue weighted by atomic mass is 10.2. The number of benzene rings is 3. The first-order valence-electron chi connectivity index (χ1n) is 7.93. The fourth-order valence-corrected chi connectivity index (χ4v) is 3.32. The van der Waals surface area contributed by atoms with Crippen molar-refractivity contribution >= 4 is 27.6 Å². The van der Waals surface area contributed by atoms with Crippen LogP contribution in [0.2, 0.25) is 0 Å². The van der Waals surface area contributed by atoms with Crippen molar-refractivity contribution in [2.24, 2.45) is 5.10 Å². The highest BCUT2D eigenvalue weighted by Gasteiger charge is 2.13. The molecule has 0 aliphatic rings. The maximum absolute atomic E-state index is 12.3. The Morgan fingerprint density at radius 3 is 2.19 bits per heavy atom. The van der Waals surface area contributed by atoms with Crippen molar-refractivity contribution in [3.8, 4) is 11.5 Å². The number of hydrogen-bond donors (Lipinski definition) is 4. The summed E-state index contributed by atoms with van der Waals surface area (Å²) in [4.78, 5) is 0.186. The zero-order valence-electron chi connectivity index (χ0n) is 14.1. The lowest BCUT2D eigenvalue weighted by Crippen LogP contribution is -2.12. The molecule has 7 nitrogen and oxygen atoms in total. The number of nitrogens with one attached hydrogen (secondary N) is 2. The molecule has 27 heavy (non-hydrogen) atoms. The van der Waals surface area contributed by atoms with Crippen LogP contribution in [0.3, 0.4) is 0 Å². The van der Waals surface area contributed by atoms with Gasteiger partial charge in [-0.3, -0.25) is 10.1 Å². The summed E-state index contributed by atoms with van der Waals surface area (Å²) >= 11 is 0. The number of phenolic OH excluding ortho intramolecular Hbond substituents is 2. The Morgan fingerprint density at radius 2 is 1.52 bits per heavy atom. The van der Waals surface area contributed by atoms with Gasteiger partial charge in [0.25, 0.3) is 10.0 Å². The number of hydrazone groups is 1. The Morgan fingerprint density at radius 1 is 0.852 bits per heavy atom. The fourth-order valence-electron chi connectivity index (χ4n) is 2.24. The van der Waals surface area contributed by atoms with Gasteiger partial charge >= 0.3 is 0 Å². The summed E-state index contributed by atoms with van der Waals surface area (Å²) in [5, 5.41) is 22.9. The van der Waals surface area contributed by atoms with E-state index in [9.17, 15) is 18.6 Å². The van der Waals surface area contributed by atoms with Crippen LogP contribution in [0.25, 0.3) is 0 Å². The first-order chi connectivity index (χ1) is 12.9. The van der Waals surface area contributed by atoms with Crippen molar-refractivity contribution in [1.82, 2.24) is 0 Å². The highest BCUT2D eigenvalue weighted by molar-refractivity contribution is 7.92. The molecule has 3 aromatic carbocycles. The van der Waals surface area contributed by atoms with Gasteiger partial charge < -0.3 is 10.2 Å². The number of phenols is 2. The molecule has 0 saturated heterocycles.